The van der Waals surface area contributed by atoms with Crippen LogP contribution in [0.3, 0.4) is 0 Å². The van der Waals surface area contributed by atoms with Gasteiger partial charge in [0.1, 0.15) is 5.52 Å². The average Bonchev–Trinajstić information content (AvgIpc) is 3.07. The Labute approximate surface area is 111 Å². The number of fused-ring (bicyclic) bond motifs is 1. The Balaban J connectivity index is 1.97. The summed E-state index contributed by atoms with van der Waals surface area (Å²) in [5.74, 6) is 0.789. The van der Waals surface area contributed by atoms with Gasteiger partial charge in [-0.05, 0) is 18.8 Å². The van der Waals surface area contributed by atoms with Crippen LogP contribution in [0.25, 0.3) is 11.1 Å². The lowest BCUT2D eigenvalue weighted by Gasteiger charge is -2.02. The van der Waals surface area contributed by atoms with Crippen LogP contribution < -0.4 is 0 Å². The number of Topliss-reactive ketones (excluding diaryl/α,β-unsaturated/α-hetero) is 1. The zero-order chi connectivity index (χ0) is 12.0. The van der Waals surface area contributed by atoms with Crippen molar-refractivity contribution < 1.29 is 9.21 Å². The molecule has 5 heteroatoms. The summed E-state index contributed by atoms with van der Waals surface area (Å²) < 4.78 is 5.48. The summed E-state index contributed by atoms with van der Waals surface area (Å²) in [5, 5.41) is 0.503. The van der Waals surface area contributed by atoms with Crippen LogP contribution in [0, 0.1) is 5.92 Å². The third kappa shape index (κ3) is 2.11. The fraction of sp³-hybridized carbons (Fsp3) is 0.333. The Morgan fingerprint density at radius 1 is 1.53 bits per heavy atom. The van der Waals surface area contributed by atoms with Gasteiger partial charge in [-0.1, -0.05) is 27.5 Å². The van der Waals surface area contributed by atoms with Gasteiger partial charge in [-0.2, -0.15) is 0 Å². The van der Waals surface area contributed by atoms with Crippen LogP contribution in [0.1, 0.15) is 23.4 Å². The normalized spacial score (nSPS) is 17.3. The molecule has 1 unspecified atom stereocenters. The number of pyridine rings is 1. The molecular weight excluding hydrogens is 305 g/mol. The molecule has 2 aromatic rings. The van der Waals surface area contributed by atoms with E-state index in [1.165, 1.54) is 0 Å². The van der Waals surface area contributed by atoms with E-state index in [2.05, 4.69) is 20.9 Å². The number of carbonyl (C=O) groups is 1. The van der Waals surface area contributed by atoms with Gasteiger partial charge in [0.15, 0.2) is 11.3 Å². The van der Waals surface area contributed by atoms with Gasteiger partial charge in [0.2, 0.25) is 5.78 Å². The van der Waals surface area contributed by atoms with Crippen LogP contribution in [0.15, 0.2) is 22.7 Å². The highest BCUT2D eigenvalue weighted by Crippen LogP contribution is 2.38. The number of hydrogen-bond acceptors (Lipinski definition) is 3. The van der Waals surface area contributed by atoms with Crippen molar-refractivity contribution in [3.05, 3.63) is 29.1 Å². The number of alkyl halides is 1. The zero-order valence-corrected chi connectivity index (χ0v) is 11.2. The van der Waals surface area contributed by atoms with Crippen LogP contribution in [-0.2, 0) is 0 Å². The van der Waals surface area contributed by atoms with E-state index < -0.39 is 0 Å². The van der Waals surface area contributed by atoms with Gasteiger partial charge >= 0.3 is 0 Å². The summed E-state index contributed by atoms with van der Waals surface area (Å²) in [6.45, 7) is 0. The predicted octanol–water partition coefficient (Wildman–Crippen LogP) is 3.84. The van der Waals surface area contributed by atoms with Crippen molar-refractivity contribution in [1.82, 2.24) is 4.98 Å². The third-order valence-corrected chi connectivity index (χ3v) is 4.24. The molecule has 3 nitrogen and oxygen atoms in total. The maximum Gasteiger partial charge on any atom is 0.211 e. The minimum atomic E-state index is -0.140. The molecule has 17 heavy (non-hydrogen) atoms. The maximum absolute atomic E-state index is 12.1. The molecule has 0 bridgehead atoms. The van der Waals surface area contributed by atoms with Gasteiger partial charge in [0.25, 0.3) is 0 Å². The molecule has 88 valence electrons. The molecule has 0 amide bonds. The number of furan rings is 1. The summed E-state index contributed by atoms with van der Waals surface area (Å²) >= 11 is 9.24. The molecule has 2 aromatic heterocycles. The molecule has 1 atom stereocenters. The minimum absolute atomic E-state index is 0.0124. The number of carbonyl (C=O) groups excluding carboxylic acids is 1. The number of ketones is 1. The summed E-state index contributed by atoms with van der Waals surface area (Å²) in [7, 11) is 0. The third-order valence-electron chi connectivity index (χ3n) is 2.87. The van der Waals surface area contributed by atoms with Crippen LogP contribution in [0.4, 0.5) is 0 Å². The highest BCUT2D eigenvalue weighted by molar-refractivity contribution is 9.10. The molecule has 1 fully saturated rings. The largest absolute Gasteiger partial charge is 0.451 e. The lowest BCUT2D eigenvalue weighted by Crippen LogP contribution is -2.15. The van der Waals surface area contributed by atoms with Crippen LogP contribution >= 0.6 is 27.5 Å². The second-order valence-corrected chi connectivity index (χ2v) is 5.67. The van der Waals surface area contributed by atoms with Crippen molar-refractivity contribution in [2.45, 2.75) is 17.7 Å². The van der Waals surface area contributed by atoms with E-state index in [4.69, 9.17) is 16.0 Å². The quantitative estimate of drug-likeness (QED) is 0.638. The molecule has 2 heterocycles. The van der Waals surface area contributed by atoms with E-state index in [1.54, 1.807) is 18.3 Å². The van der Waals surface area contributed by atoms with E-state index >= 15 is 0 Å². The second-order valence-electron chi connectivity index (χ2n) is 4.25. The van der Waals surface area contributed by atoms with Gasteiger partial charge in [-0.25, -0.2) is 0 Å². The maximum atomic E-state index is 12.1. The molecule has 3 rings (SSSR count). The Hall–Kier alpha value is -0.870. The Morgan fingerprint density at radius 3 is 3.00 bits per heavy atom. The van der Waals surface area contributed by atoms with Crippen molar-refractivity contribution in [2.24, 2.45) is 5.92 Å². The molecule has 0 saturated heterocycles. The van der Waals surface area contributed by atoms with Gasteiger partial charge in [-0.15, -0.1) is 0 Å². The first-order valence-corrected chi connectivity index (χ1v) is 6.68. The number of hydrogen-bond donors (Lipinski definition) is 0. The summed E-state index contributed by atoms with van der Waals surface area (Å²) in [6.07, 6.45) is 3.75. The van der Waals surface area contributed by atoms with Crippen molar-refractivity contribution in [2.75, 3.05) is 0 Å². The van der Waals surface area contributed by atoms with Crippen molar-refractivity contribution >= 4 is 44.4 Å². The van der Waals surface area contributed by atoms with E-state index in [-0.39, 0.29) is 10.6 Å². The number of rotatable bonds is 3. The van der Waals surface area contributed by atoms with Crippen molar-refractivity contribution in [1.29, 1.82) is 0 Å². The second kappa shape index (κ2) is 4.10. The molecule has 0 N–H and O–H groups in total. The topological polar surface area (TPSA) is 43.1 Å². The lowest BCUT2D eigenvalue weighted by atomic mass is 10.1. The molecule has 0 spiro atoms. The summed E-state index contributed by atoms with van der Waals surface area (Å²) in [6, 6.07) is 3.34. The Bertz CT molecular complexity index is 591. The summed E-state index contributed by atoms with van der Waals surface area (Å²) in [5.41, 5.74) is 1.21. The zero-order valence-electron chi connectivity index (χ0n) is 8.82. The molecule has 1 aliphatic rings. The Morgan fingerprint density at radius 2 is 2.29 bits per heavy atom. The molecule has 1 saturated carbocycles. The van der Waals surface area contributed by atoms with Crippen LogP contribution in [0.5, 0.6) is 0 Å². The van der Waals surface area contributed by atoms with E-state index in [0.29, 0.717) is 27.8 Å². The van der Waals surface area contributed by atoms with Gasteiger partial charge in [0, 0.05) is 18.3 Å². The van der Waals surface area contributed by atoms with E-state index in [9.17, 15) is 4.79 Å². The first kappa shape index (κ1) is 11.2. The van der Waals surface area contributed by atoms with Gasteiger partial charge in [-0.3, -0.25) is 9.78 Å². The summed E-state index contributed by atoms with van der Waals surface area (Å²) in [4.78, 5) is 16.0. The molecule has 0 aromatic carbocycles. The average molecular weight is 315 g/mol. The van der Waals surface area contributed by atoms with Gasteiger partial charge in [0.05, 0.1) is 9.85 Å². The number of aromatic nitrogens is 1. The van der Waals surface area contributed by atoms with E-state index in [1.807, 2.05) is 0 Å². The number of halogens is 2. The molecular formula is C12H9BrClNO2. The molecule has 0 aliphatic heterocycles. The van der Waals surface area contributed by atoms with Crippen LogP contribution in [0.2, 0.25) is 5.02 Å². The number of nitrogens with zero attached hydrogens (tertiary/aromatic N) is 1. The van der Waals surface area contributed by atoms with Crippen molar-refractivity contribution in [3.8, 4) is 0 Å². The van der Waals surface area contributed by atoms with E-state index in [0.717, 1.165) is 12.8 Å². The first-order valence-electron chi connectivity index (χ1n) is 5.38. The predicted molar refractivity (Wildman–Crippen MR) is 68.8 cm³/mol. The highest BCUT2D eigenvalue weighted by atomic mass is 79.9. The van der Waals surface area contributed by atoms with Crippen LogP contribution in [-0.4, -0.2) is 15.6 Å². The monoisotopic (exact) mass is 313 g/mol. The molecule has 0 radical (unpaired) electrons. The SMILES string of the molecule is O=C(c1cc2ncc(Cl)cc2o1)C(Br)C1CC1. The fourth-order valence-corrected chi connectivity index (χ4v) is 2.66. The van der Waals surface area contributed by atoms with Crippen molar-refractivity contribution in [3.63, 3.8) is 0 Å². The van der Waals surface area contributed by atoms with Gasteiger partial charge < -0.3 is 4.42 Å². The minimum Gasteiger partial charge on any atom is -0.451 e. The smallest absolute Gasteiger partial charge is 0.211 e. The highest BCUT2D eigenvalue weighted by Gasteiger charge is 2.35. The lowest BCUT2D eigenvalue weighted by molar-refractivity contribution is 0.0960. The standard InChI is InChI=1S/C12H9BrClNO2/c13-11(6-1-2-6)12(16)10-4-8-9(17-10)3-7(14)5-15-8/h3-6,11H,1-2H2. The Kier molecular flexibility index (Phi) is 2.71. The fourth-order valence-electron chi connectivity index (χ4n) is 1.75. The molecule has 1 aliphatic carbocycles. The first-order chi connectivity index (χ1) is 8.15.